The molecule has 0 saturated carbocycles. The molecule has 2 heterocycles. The number of nitrogens with zero attached hydrogens (tertiary/aromatic N) is 2. The van der Waals surface area contributed by atoms with Gasteiger partial charge in [0.25, 0.3) is 11.8 Å². The van der Waals surface area contributed by atoms with Crippen LogP contribution in [0.4, 0.5) is 0 Å². The van der Waals surface area contributed by atoms with Crippen LogP contribution in [0.2, 0.25) is 0 Å². The number of hydrogen-bond acceptors (Lipinski definition) is 14. The predicted molar refractivity (Wildman–Crippen MR) is 153 cm³/mol. The van der Waals surface area contributed by atoms with Crippen LogP contribution in [0.25, 0.3) is 0 Å². The van der Waals surface area contributed by atoms with E-state index in [2.05, 4.69) is 10.6 Å². The molecule has 9 N–H and O–H groups in total. The number of aliphatic hydroxyl groups excluding tert-OH is 3. The highest BCUT2D eigenvalue weighted by Crippen LogP contribution is 2.24. The van der Waals surface area contributed by atoms with Crippen LogP contribution in [-0.4, -0.2) is 135 Å². The number of imide groups is 1. The van der Waals surface area contributed by atoms with Crippen molar-refractivity contribution in [1.29, 1.82) is 0 Å². The topological polar surface area (TPSA) is 290 Å². The molecule has 0 aliphatic carbocycles. The minimum absolute atomic E-state index is 0.167. The molecule has 6 amide bonds. The third-order valence-corrected chi connectivity index (χ3v) is 7.49. The van der Waals surface area contributed by atoms with E-state index in [1.807, 2.05) is 0 Å². The van der Waals surface area contributed by atoms with Gasteiger partial charge >= 0.3 is 5.97 Å². The van der Waals surface area contributed by atoms with E-state index in [1.165, 1.54) is 13.8 Å². The number of hydrogen-bond donors (Lipinski definition) is 7. The summed E-state index contributed by atoms with van der Waals surface area (Å²) in [7, 11) is 0. The molecule has 0 bridgehead atoms. The molecular weight excluding hydrogens is 616 g/mol. The standard InChI is InChI=1S/C27H44N6O13/c1-5-15(28)25(41)31-16(24(29)40)6-7-18(36)32(13(3)26(42)46-33-19(37)8-9-20(33)38)10-12(2)44-23-21(30-14(4)35)27(43)45-17(11-34)22(23)39/h12-13,15-17,21-23,27,34,39,43H,5-11,28H2,1-4H3,(H2,29,40)(H,30,35)(H,31,41)/t12?,13-,15?,16+,17+,21+,22+,23+,27-/m0/s1. The van der Waals surface area contributed by atoms with Crippen molar-refractivity contribution >= 4 is 41.4 Å². The van der Waals surface area contributed by atoms with Gasteiger partial charge in [0, 0.05) is 32.7 Å². The van der Waals surface area contributed by atoms with Crippen LogP contribution in [0.5, 0.6) is 0 Å². The lowest BCUT2D eigenvalue weighted by Gasteiger charge is -2.43. The number of hydroxylamine groups is 2. The number of rotatable bonds is 16. The molecule has 46 heavy (non-hydrogen) atoms. The summed E-state index contributed by atoms with van der Waals surface area (Å²) in [6.45, 7) is 4.39. The molecule has 0 radical (unpaired) electrons. The average Bonchev–Trinajstić information content (AvgIpc) is 3.31. The predicted octanol–water partition coefficient (Wildman–Crippen LogP) is -4.35. The van der Waals surface area contributed by atoms with Gasteiger partial charge in [-0.25, -0.2) is 4.79 Å². The van der Waals surface area contributed by atoms with Crippen molar-refractivity contribution in [1.82, 2.24) is 20.6 Å². The van der Waals surface area contributed by atoms with Crippen LogP contribution in [0.3, 0.4) is 0 Å². The van der Waals surface area contributed by atoms with Gasteiger partial charge in [-0.05, 0) is 26.7 Å². The Hall–Kier alpha value is -3.75. The van der Waals surface area contributed by atoms with E-state index >= 15 is 0 Å². The molecule has 0 aromatic carbocycles. The molecule has 2 rings (SSSR count). The Labute approximate surface area is 264 Å². The first-order valence-corrected chi connectivity index (χ1v) is 14.8. The molecule has 260 valence electrons. The molecule has 0 aromatic rings. The van der Waals surface area contributed by atoms with Crippen molar-refractivity contribution in [2.45, 2.75) is 115 Å². The van der Waals surface area contributed by atoms with Gasteiger partial charge < -0.3 is 56.6 Å². The lowest BCUT2D eigenvalue weighted by molar-refractivity contribution is -0.268. The Kier molecular flexibility index (Phi) is 14.4. The SMILES string of the molecule is CCC(N)C(=O)N[C@H](CCC(=O)N(CC(C)O[C@H]1[C@H](O)[C@@H](CO)O[C@H](O)[C@@H]1NC(C)=O)[C@@H](C)C(=O)ON1C(=O)CCC1=O)C(N)=O. The molecule has 2 saturated heterocycles. The maximum Gasteiger partial charge on any atom is 0.355 e. The Morgan fingerprint density at radius 2 is 1.74 bits per heavy atom. The molecule has 2 fully saturated rings. The van der Waals surface area contributed by atoms with Gasteiger partial charge in [0.05, 0.1) is 18.8 Å². The summed E-state index contributed by atoms with van der Waals surface area (Å²) < 4.78 is 11.1. The molecular formula is C27H44N6O13. The number of amides is 6. The Morgan fingerprint density at radius 1 is 1.13 bits per heavy atom. The third-order valence-electron chi connectivity index (χ3n) is 7.49. The Bertz CT molecular complexity index is 1140. The fraction of sp³-hybridized carbons (Fsp3) is 0.741. The summed E-state index contributed by atoms with van der Waals surface area (Å²) in [6.07, 6.45) is -7.75. The van der Waals surface area contributed by atoms with Gasteiger partial charge in [-0.2, -0.15) is 0 Å². The normalized spacial score (nSPS) is 25.7. The summed E-state index contributed by atoms with van der Waals surface area (Å²) in [5, 5.41) is 35.9. The first-order chi connectivity index (χ1) is 21.5. The van der Waals surface area contributed by atoms with Crippen LogP contribution in [0.15, 0.2) is 0 Å². The highest BCUT2D eigenvalue weighted by atomic mass is 16.7. The largest absolute Gasteiger partial charge is 0.394 e. The zero-order chi connectivity index (χ0) is 34.9. The molecule has 0 aromatic heterocycles. The second-order valence-electron chi connectivity index (χ2n) is 11.1. The van der Waals surface area contributed by atoms with Crippen molar-refractivity contribution < 1.29 is 63.2 Å². The molecule has 2 aliphatic heterocycles. The quantitative estimate of drug-likeness (QED) is 0.0770. The number of nitrogens with two attached hydrogens (primary N) is 2. The minimum atomic E-state index is -1.69. The molecule has 2 unspecified atom stereocenters. The summed E-state index contributed by atoms with van der Waals surface area (Å²) in [5.41, 5.74) is 11.1. The maximum atomic E-state index is 13.5. The highest BCUT2D eigenvalue weighted by molar-refractivity contribution is 6.02. The van der Waals surface area contributed by atoms with E-state index in [0.717, 1.165) is 11.8 Å². The van der Waals surface area contributed by atoms with E-state index in [4.69, 9.17) is 25.8 Å². The van der Waals surface area contributed by atoms with Crippen molar-refractivity contribution in [3.63, 3.8) is 0 Å². The van der Waals surface area contributed by atoms with E-state index < -0.39 is 116 Å². The monoisotopic (exact) mass is 660 g/mol. The molecule has 9 atom stereocenters. The summed E-state index contributed by atoms with van der Waals surface area (Å²) in [5.74, 6) is -5.63. The van der Waals surface area contributed by atoms with Crippen molar-refractivity contribution in [2.24, 2.45) is 11.5 Å². The van der Waals surface area contributed by atoms with Crippen molar-refractivity contribution in [2.75, 3.05) is 13.2 Å². The number of aliphatic hydroxyl groups is 3. The van der Waals surface area contributed by atoms with Gasteiger partial charge in [0.15, 0.2) is 6.29 Å². The fourth-order valence-electron chi connectivity index (χ4n) is 4.81. The lowest BCUT2D eigenvalue weighted by Crippen LogP contribution is -2.65. The van der Waals surface area contributed by atoms with E-state index in [1.54, 1.807) is 6.92 Å². The minimum Gasteiger partial charge on any atom is -0.394 e. The fourth-order valence-corrected chi connectivity index (χ4v) is 4.81. The second-order valence-corrected chi connectivity index (χ2v) is 11.1. The van der Waals surface area contributed by atoms with Gasteiger partial charge in [0.1, 0.15) is 36.4 Å². The molecule has 19 heteroatoms. The molecule has 0 spiro atoms. The first kappa shape index (κ1) is 38.4. The van der Waals surface area contributed by atoms with Crippen LogP contribution in [0, 0.1) is 0 Å². The highest BCUT2D eigenvalue weighted by Gasteiger charge is 2.47. The molecule has 2 aliphatic rings. The van der Waals surface area contributed by atoms with Crippen LogP contribution in [0.1, 0.15) is 59.8 Å². The van der Waals surface area contributed by atoms with Gasteiger partial charge in [0.2, 0.25) is 23.6 Å². The van der Waals surface area contributed by atoms with Gasteiger partial charge in [-0.15, -0.1) is 5.06 Å². The third kappa shape index (κ3) is 10.1. The van der Waals surface area contributed by atoms with Crippen molar-refractivity contribution in [3.8, 4) is 0 Å². The van der Waals surface area contributed by atoms with E-state index in [-0.39, 0.29) is 25.7 Å². The van der Waals surface area contributed by atoms with E-state index in [9.17, 15) is 48.9 Å². The average molecular weight is 661 g/mol. The molecule has 19 nitrogen and oxygen atoms in total. The number of carbonyl (C=O) groups excluding carboxylic acids is 7. The zero-order valence-corrected chi connectivity index (χ0v) is 26.1. The van der Waals surface area contributed by atoms with Crippen molar-refractivity contribution in [3.05, 3.63) is 0 Å². The van der Waals surface area contributed by atoms with Gasteiger partial charge in [-0.1, -0.05) is 6.92 Å². The Morgan fingerprint density at radius 3 is 2.26 bits per heavy atom. The summed E-state index contributed by atoms with van der Waals surface area (Å²) in [6, 6.07) is -4.97. The number of nitrogens with one attached hydrogen (secondary N) is 2. The zero-order valence-electron chi connectivity index (χ0n) is 26.1. The van der Waals surface area contributed by atoms with Crippen LogP contribution in [-0.2, 0) is 47.9 Å². The lowest BCUT2D eigenvalue weighted by atomic mass is 9.96. The van der Waals surface area contributed by atoms with Gasteiger partial charge in [-0.3, -0.25) is 28.8 Å². The van der Waals surface area contributed by atoms with E-state index in [0.29, 0.717) is 5.06 Å². The first-order valence-electron chi connectivity index (χ1n) is 14.8. The number of primary amides is 1. The second kappa shape index (κ2) is 17.2. The number of ether oxygens (including phenoxy) is 2. The van der Waals surface area contributed by atoms with Crippen LogP contribution >= 0.6 is 0 Å². The maximum absolute atomic E-state index is 13.5. The summed E-state index contributed by atoms with van der Waals surface area (Å²) in [4.78, 5) is 92.6. The number of carbonyl (C=O) groups is 7. The summed E-state index contributed by atoms with van der Waals surface area (Å²) >= 11 is 0. The van der Waals surface area contributed by atoms with Crippen LogP contribution < -0.4 is 22.1 Å². The smallest absolute Gasteiger partial charge is 0.355 e. The Balaban J connectivity index is 2.29.